The number of hydrogen-bond acceptors (Lipinski definition) is 4. The Balaban J connectivity index is 1.36. The van der Waals surface area contributed by atoms with Crippen molar-refractivity contribution in [3.63, 3.8) is 0 Å². The van der Waals surface area contributed by atoms with Gasteiger partial charge in [0.25, 0.3) is 0 Å². The summed E-state index contributed by atoms with van der Waals surface area (Å²) in [4.78, 5) is 29.2. The quantitative estimate of drug-likeness (QED) is 0.512. The molecule has 4 rings (SSSR count). The molecule has 2 saturated heterocycles. The number of carbonyl (C=O) groups is 2. The Kier molecular flexibility index (Phi) is 8.35. The molecule has 36 heavy (non-hydrogen) atoms. The van der Waals surface area contributed by atoms with Gasteiger partial charge in [0, 0.05) is 37.3 Å². The van der Waals surface area contributed by atoms with Crippen LogP contribution in [-0.2, 0) is 11.2 Å². The first-order chi connectivity index (χ1) is 17.2. The van der Waals surface area contributed by atoms with Gasteiger partial charge in [-0.1, -0.05) is 42.5 Å². The van der Waals surface area contributed by atoms with Gasteiger partial charge < -0.3 is 15.4 Å². The number of primary amides is 1. The van der Waals surface area contributed by atoms with Crippen molar-refractivity contribution in [3.05, 3.63) is 71.3 Å². The van der Waals surface area contributed by atoms with E-state index in [0.717, 1.165) is 32.2 Å². The standard InChI is InChI=1S/C30H41N3O3/c1-30(2,3)36-29(35)32(16-8-11-22-9-5-4-6-10-22)17-18-33-26-14-15-27(33)21-25(20-26)23-12-7-13-24(19-23)28(31)34/h4-7,9-10,12-13,19,25-27H,8,11,14-18,20-21H2,1-3H3,(H2,31,34)/t25?,26-,27+. The number of piperidine rings is 1. The number of aryl methyl sites for hydroxylation is 1. The minimum absolute atomic E-state index is 0.221. The Labute approximate surface area is 215 Å². The van der Waals surface area contributed by atoms with E-state index in [1.54, 1.807) is 6.07 Å². The molecule has 0 aromatic heterocycles. The van der Waals surface area contributed by atoms with Crippen molar-refractivity contribution in [1.29, 1.82) is 0 Å². The number of rotatable bonds is 9. The third kappa shape index (κ3) is 6.88. The van der Waals surface area contributed by atoms with Crippen LogP contribution in [0.5, 0.6) is 0 Å². The van der Waals surface area contributed by atoms with Crippen LogP contribution in [0.15, 0.2) is 54.6 Å². The zero-order valence-electron chi connectivity index (χ0n) is 22.0. The van der Waals surface area contributed by atoms with Gasteiger partial charge in [-0.05, 0) is 88.5 Å². The normalized spacial score (nSPS) is 21.8. The molecule has 2 fully saturated rings. The number of nitrogens with two attached hydrogens (primary N) is 1. The maximum atomic E-state index is 13.0. The van der Waals surface area contributed by atoms with Crippen molar-refractivity contribution in [3.8, 4) is 0 Å². The molecule has 0 aliphatic carbocycles. The number of ether oxygens (including phenoxy) is 1. The van der Waals surface area contributed by atoms with Gasteiger partial charge in [-0.2, -0.15) is 0 Å². The van der Waals surface area contributed by atoms with Gasteiger partial charge >= 0.3 is 6.09 Å². The lowest BCUT2D eigenvalue weighted by molar-refractivity contribution is 0.0201. The van der Waals surface area contributed by atoms with Crippen molar-refractivity contribution >= 4 is 12.0 Å². The molecule has 2 N–H and O–H groups in total. The fraction of sp³-hybridized carbons (Fsp3) is 0.533. The monoisotopic (exact) mass is 491 g/mol. The molecular weight excluding hydrogens is 450 g/mol. The molecule has 3 atom stereocenters. The van der Waals surface area contributed by atoms with Crippen molar-refractivity contribution in [2.24, 2.45) is 5.73 Å². The number of fused-ring (bicyclic) bond motifs is 2. The summed E-state index contributed by atoms with van der Waals surface area (Å²) >= 11 is 0. The molecule has 2 aromatic carbocycles. The highest BCUT2D eigenvalue weighted by atomic mass is 16.6. The minimum atomic E-state index is -0.508. The summed E-state index contributed by atoms with van der Waals surface area (Å²) in [5.41, 5.74) is 8.11. The second-order valence-corrected chi connectivity index (χ2v) is 11.3. The lowest BCUT2D eigenvalue weighted by Gasteiger charge is -2.40. The number of carbonyl (C=O) groups excluding carboxylic acids is 2. The van der Waals surface area contributed by atoms with E-state index in [2.05, 4.69) is 35.2 Å². The largest absolute Gasteiger partial charge is 0.444 e. The van der Waals surface area contributed by atoms with Crippen molar-refractivity contribution < 1.29 is 14.3 Å². The number of nitrogens with zero attached hydrogens (tertiary/aromatic N) is 2. The van der Waals surface area contributed by atoms with Crippen molar-refractivity contribution in [1.82, 2.24) is 9.80 Å². The molecule has 2 amide bonds. The van der Waals surface area contributed by atoms with Gasteiger partial charge in [0.1, 0.15) is 5.60 Å². The van der Waals surface area contributed by atoms with Crippen LogP contribution in [0.25, 0.3) is 0 Å². The molecule has 2 aliphatic heterocycles. The van der Waals surface area contributed by atoms with Gasteiger partial charge in [0.2, 0.25) is 5.91 Å². The van der Waals surface area contributed by atoms with Crippen molar-refractivity contribution in [2.75, 3.05) is 19.6 Å². The molecule has 0 saturated carbocycles. The first kappa shape index (κ1) is 26.2. The summed E-state index contributed by atoms with van der Waals surface area (Å²) in [6, 6.07) is 19.3. The van der Waals surface area contributed by atoms with E-state index in [0.29, 0.717) is 36.7 Å². The van der Waals surface area contributed by atoms with E-state index in [4.69, 9.17) is 10.5 Å². The number of hydrogen-bond donors (Lipinski definition) is 1. The fourth-order valence-electron chi connectivity index (χ4n) is 5.83. The SMILES string of the molecule is CC(C)(C)OC(=O)N(CCCc1ccccc1)CCN1[C@@H]2CC[C@H]1CC(c1cccc(C(N)=O)c1)C2. The Bertz CT molecular complexity index is 1020. The van der Waals surface area contributed by atoms with Gasteiger partial charge in [-0.3, -0.25) is 9.69 Å². The second kappa shape index (κ2) is 11.5. The van der Waals surface area contributed by atoms with Crippen LogP contribution in [0.1, 0.15) is 80.3 Å². The van der Waals surface area contributed by atoms with E-state index >= 15 is 0 Å². The Morgan fingerprint density at radius 2 is 1.69 bits per heavy atom. The zero-order valence-corrected chi connectivity index (χ0v) is 22.0. The topological polar surface area (TPSA) is 75.9 Å². The van der Waals surface area contributed by atoms with E-state index < -0.39 is 5.60 Å². The first-order valence-corrected chi connectivity index (χ1v) is 13.4. The smallest absolute Gasteiger partial charge is 0.410 e. The molecule has 6 heteroatoms. The molecule has 0 radical (unpaired) electrons. The summed E-state index contributed by atoms with van der Waals surface area (Å²) in [7, 11) is 0. The summed E-state index contributed by atoms with van der Waals surface area (Å²) in [5.74, 6) is 0.0811. The third-order valence-electron chi connectivity index (χ3n) is 7.54. The molecule has 6 nitrogen and oxygen atoms in total. The maximum Gasteiger partial charge on any atom is 0.410 e. The van der Waals surface area contributed by atoms with E-state index in [1.807, 2.05) is 43.9 Å². The highest BCUT2D eigenvalue weighted by Gasteiger charge is 2.41. The fourth-order valence-corrected chi connectivity index (χ4v) is 5.83. The van der Waals surface area contributed by atoms with E-state index in [1.165, 1.54) is 24.0 Å². The van der Waals surface area contributed by atoms with Crippen LogP contribution in [-0.4, -0.2) is 59.1 Å². The Morgan fingerprint density at radius 3 is 2.33 bits per heavy atom. The lowest BCUT2D eigenvalue weighted by Crippen LogP contribution is -2.47. The Hall–Kier alpha value is -2.86. The third-order valence-corrected chi connectivity index (χ3v) is 7.54. The molecule has 2 aromatic rings. The highest BCUT2D eigenvalue weighted by Crippen LogP contribution is 2.43. The number of benzene rings is 2. The predicted octanol–water partition coefficient (Wildman–Crippen LogP) is 5.37. The van der Waals surface area contributed by atoms with Crippen molar-refractivity contribution in [2.45, 2.75) is 82.9 Å². The highest BCUT2D eigenvalue weighted by molar-refractivity contribution is 5.92. The maximum absolute atomic E-state index is 13.0. The van der Waals surface area contributed by atoms with E-state index in [-0.39, 0.29) is 12.0 Å². The van der Waals surface area contributed by atoms with Crippen LogP contribution in [0, 0.1) is 0 Å². The summed E-state index contributed by atoms with van der Waals surface area (Å²) < 4.78 is 5.75. The lowest BCUT2D eigenvalue weighted by atomic mass is 9.84. The van der Waals surface area contributed by atoms with E-state index in [9.17, 15) is 9.59 Å². The summed E-state index contributed by atoms with van der Waals surface area (Å²) in [5, 5.41) is 0. The molecule has 2 heterocycles. The van der Waals surface area contributed by atoms with Crippen LogP contribution in [0.2, 0.25) is 0 Å². The van der Waals surface area contributed by atoms with Gasteiger partial charge in [0.15, 0.2) is 0 Å². The van der Waals surface area contributed by atoms with Gasteiger partial charge in [-0.15, -0.1) is 0 Å². The molecule has 2 bridgehead atoms. The second-order valence-electron chi connectivity index (χ2n) is 11.3. The molecule has 2 aliphatic rings. The predicted molar refractivity (Wildman–Crippen MR) is 143 cm³/mol. The summed E-state index contributed by atoms with van der Waals surface area (Å²) in [6.45, 7) is 8.00. The molecule has 0 spiro atoms. The van der Waals surface area contributed by atoms with Gasteiger partial charge in [0.05, 0.1) is 0 Å². The number of amides is 2. The van der Waals surface area contributed by atoms with Crippen LogP contribution >= 0.6 is 0 Å². The average molecular weight is 492 g/mol. The zero-order chi connectivity index (χ0) is 25.7. The van der Waals surface area contributed by atoms with Crippen LogP contribution in [0.4, 0.5) is 4.79 Å². The first-order valence-electron chi connectivity index (χ1n) is 13.4. The minimum Gasteiger partial charge on any atom is -0.444 e. The molecule has 1 unspecified atom stereocenters. The van der Waals surface area contributed by atoms with Gasteiger partial charge in [-0.25, -0.2) is 4.79 Å². The molecular formula is C30H41N3O3. The average Bonchev–Trinajstić information content (AvgIpc) is 3.07. The molecule has 194 valence electrons. The summed E-state index contributed by atoms with van der Waals surface area (Å²) in [6.07, 6.45) is 6.18. The van der Waals surface area contributed by atoms with Crippen LogP contribution < -0.4 is 5.73 Å². The Morgan fingerprint density at radius 1 is 1.00 bits per heavy atom. The van der Waals surface area contributed by atoms with Crippen LogP contribution in [0.3, 0.4) is 0 Å².